The smallest absolute Gasteiger partial charge is 0.0236 e. The maximum Gasteiger partial charge on any atom is 0.0236 e. The van der Waals surface area contributed by atoms with Crippen LogP contribution in [0.4, 0.5) is 0 Å². The number of aryl methyl sites for hydroxylation is 2. The fraction of sp³-hybridized carbons (Fsp3) is 0.444. The maximum absolute atomic E-state index is 4.30. The summed E-state index contributed by atoms with van der Waals surface area (Å²) in [5.41, 5.74) is 10.4. The Morgan fingerprint density at radius 1 is 0.947 bits per heavy atom. The topological polar surface area (TPSA) is 15.3 Å². The van der Waals surface area contributed by atoms with Crippen LogP contribution in [0.1, 0.15) is 83.1 Å². The van der Waals surface area contributed by atoms with Gasteiger partial charge in [0.05, 0.1) is 0 Å². The third kappa shape index (κ3) is 11.7. The van der Waals surface area contributed by atoms with Crippen LogP contribution in [0.5, 0.6) is 0 Å². The molecule has 0 radical (unpaired) electrons. The molecule has 0 unspecified atom stereocenters. The highest BCUT2D eigenvalue weighted by molar-refractivity contribution is 5.74. The summed E-state index contributed by atoms with van der Waals surface area (Å²) < 4.78 is 0. The highest BCUT2D eigenvalue weighted by Gasteiger charge is 2.19. The van der Waals surface area contributed by atoms with Gasteiger partial charge in [0.2, 0.25) is 0 Å². The summed E-state index contributed by atoms with van der Waals surface area (Å²) in [6, 6.07) is 17.2. The van der Waals surface area contributed by atoms with Gasteiger partial charge >= 0.3 is 0 Å². The second-order valence-electron chi connectivity index (χ2n) is 10.3. The van der Waals surface area contributed by atoms with Crippen molar-refractivity contribution in [1.29, 1.82) is 0 Å². The normalized spacial score (nSPS) is 13.8. The molecular formula is C36H54N2. The zero-order chi connectivity index (χ0) is 28.5. The first-order valence-electron chi connectivity index (χ1n) is 14.5. The Hall–Kier alpha value is -2.84. The van der Waals surface area contributed by atoms with Crippen molar-refractivity contribution in [2.75, 3.05) is 19.6 Å². The van der Waals surface area contributed by atoms with Crippen LogP contribution in [-0.2, 0) is 6.54 Å². The standard InChI is InChI=1S/C27H36N2.C7H12.C2H6/c1-5-26(18-23(4)27-13-9-7-11-22(27)3)28-19-24-14-16-29(17-15-24)20-25-12-8-6-10-21(25)2;1-5-7(4)6(2)3;1-2/h6-13,18,24,28H,4-5,14-17,19-20H2,1-3H3;5H,1H2,2-4H3;1-2H3/b26-18+;;. The van der Waals surface area contributed by atoms with Crippen molar-refractivity contribution in [2.45, 2.75) is 81.2 Å². The number of likely N-dealkylation sites (tertiary alicyclic amines) is 1. The van der Waals surface area contributed by atoms with Gasteiger partial charge in [-0.25, -0.2) is 0 Å². The van der Waals surface area contributed by atoms with Crippen molar-refractivity contribution >= 4 is 5.57 Å². The van der Waals surface area contributed by atoms with Crippen molar-refractivity contribution < 1.29 is 0 Å². The van der Waals surface area contributed by atoms with Gasteiger partial charge in [0.15, 0.2) is 0 Å². The first-order chi connectivity index (χ1) is 18.2. The fourth-order valence-corrected chi connectivity index (χ4v) is 4.36. The zero-order valence-corrected chi connectivity index (χ0v) is 25.7. The molecule has 3 rings (SSSR count). The van der Waals surface area contributed by atoms with Gasteiger partial charge in [-0.1, -0.05) is 99.7 Å². The van der Waals surface area contributed by atoms with Crippen LogP contribution in [0.25, 0.3) is 5.57 Å². The Morgan fingerprint density at radius 3 is 2.03 bits per heavy atom. The minimum absolute atomic E-state index is 0.754. The van der Waals surface area contributed by atoms with Gasteiger partial charge in [-0.05, 0) is 107 Å². The van der Waals surface area contributed by atoms with E-state index >= 15 is 0 Å². The van der Waals surface area contributed by atoms with Crippen LogP contribution in [0.2, 0.25) is 0 Å². The van der Waals surface area contributed by atoms with E-state index in [9.17, 15) is 0 Å². The summed E-state index contributed by atoms with van der Waals surface area (Å²) in [5.74, 6) is 0.754. The number of benzene rings is 2. The highest BCUT2D eigenvalue weighted by atomic mass is 15.1. The number of nitrogens with zero attached hydrogens (tertiary/aromatic N) is 1. The Bertz CT molecular complexity index is 1040. The molecule has 2 nitrogen and oxygen atoms in total. The minimum atomic E-state index is 0.754. The molecule has 1 fully saturated rings. The number of allylic oxidation sites excluding steroid dienone is 6. The number of piperidine rings is 1. The monoisotopic (exact) mass is 514 g/mol. The van der Waals surface area contributed by atoms with Crippen LogP contribution < -0.4 is 5.32 Å². The average molecular weight is 515 g/mol. The Labute approximate surface area is 235 Å². The van der Waals surface area contributed by atoms with E-state index in [4.69, 9.17) is 0 Å². The number of hydrogen-bond donors (Lipinski definition) is 1. The second kappa shape index (κ2) is 18.4. The molecule has 0 bridgehead atoms. The average Bonchev–Trinajstić information content (AvgIpc) is 2.94. The van der Waals surface area contributed by atoms with E-state index in [0.717, 1.165) is 31.0 Å². The summed E-state index contributed by atoms with van der Waals surface area (Å²) in [6.07, 6.45) is 7.66. The van der Waals surface area contributed by atoms with Gasteiger partial charge in [-0.3, -0.25) is 4.90 Å². The minimum Gasteiger partial charge on any atom is -0.388 e. The predicted octanol–water partition coefficient (Wildman–Crippen LogP) is 9.67. The molecule has 1 N–H and O–H groups in total. The predicted molar refractivity (Wildman–Crippen MR) is 171 cm³/mol. The summed E-state index contributed by atoms with van der Waals surface area (Å²) in [7, 11) is 0. The molecule has 0 spiro atoms. The van der Waals surface area contributed by atoms with Crippen LogP contribution in [0.15, 0.2) is 90.7 Å². The van der Waals surface area contributed by atoms with E-state index in [2.05, 4.69) is 120 Å². The van der Waals surface area contributed by atoms with Gasteiger partial charge in [0, 0.05) is 18.8 Å². The molecule has 1 aliphatic rings. The van der Waals surface area contributed by atoms with E-state index < -0.39 is 0 Å². The lowest BCUT2D eigenvalue weighted by molar-refractivity contribution is 0.176. The van der Waals surface area contributed by atoms with Crippen molar-refractivity contribution in [3.05, 3.63) is 113 Å². The molecule has 0 aromatic heterocycles. The molecule has 0 saturated carbocycles. The lowest BCUT2D eigenvalue weighted by Crippen LogP contribution is -2.36. The van der Waals surface area contributed by atoms with Crippen molar-refractivity contribution in [2.24, 2.45) is 5.92 Å². The molecule has 208 valence electrons. The summed E-state index contributed by atoms with van der Waals surface area (Å²) in [6.45, 7) is 29.3. The molecule has 1 heterocycles. The number of nitrogens with one attached hydrogen (secondary N) is 1. The van der Waals surface area contributed by atoms with E-state index in [-0.39, 0.29) is 0 Å². The molecule has 2 aromatic carbocycles. The lowest BCUT2D eigenvalue weighted by Gasteiger charge is -2.32. The Kier molecular flexibility index (Phi) is 16.1. The summed E-state index contributed by atoms with van der Waals surface area (Å²) in [4.78, 5) is 2.61. The van der Waals surface area contributed by atoms with Crippen LogP contribution in [-0.4, -0.2) is 24.5 Å². The fourth-order valence-electron chi connectivity index (χ4n) is 4.36. The maximum atomic E-state index is 4.30. The molecular weight excluding hydrogens is 460 g/mol. The molecule has 2 heteroatoms. The quantitative estimate of drug-likeness (QED) is 0.335. The van der Waals surface area contributed by atoms with Gasteiger partial charge in [0.25, 0.3) is 0 Å². The Balaban J connectivity index is 0.000000696. The van der Waals surface area contributed by atoms with Gasteiger partial charge in [-0.15, -0.1) is 0 Å². The van der Waals surface area contributed by atoms with Crippen molar-refractivity contribution in [3.63, 3.8) is 0 Å². The van der Waals surface area contributed by atoms with E-state index in [1.165, 1.54) is 65.0 Å². The lowest BCUT2D eigenvalue weighted by atomic mass is 9.95. The molecule has 0 atom stereocenters. The third-order valence-corrected chi connectivity index (χ3v) is 7.30. The van der Waals surface area contributed by atoms with Crippen LogP contribution in [0, 0.1) is 19.8 Å². The molecule has 1 saturated heterocycles. The zero-order valence-electron chi connectivity index (χ0n) is 25.7. The first-order valence-corrected chi connectivity index (χ1v) is 14.5. The molecule has 0 amide bonds. The van der Waals surface area contributed by atoms with Crippen LogP contribution >= 0.6 is 0 Å². The second-order valence-corrected chi connectivity index (χ2v) is 10.3. The molecule has 2 aromatic rings. The molecule has 38 heavy (non-hydrogen) atoms. The first kappa shape index (κ1) is 33.2. The van der Waals surface area contributed by atoms with Crippen molar-refractivity contribution in [1.82, 2.24) is 10.2 Å². The van der Waals surface area contributed by atoms with Crippen molar-refractivity contribution in [3.8, 4) is 0 Å². The number of rotatable bonds is 9. The van der Waals surface area contributed by atoms with E-state index in [1.807, 2.05) is 19.9 Å². The van der Waals surface area contributed by atoms with Gasteiger partial charge in [0.1, 0.15) is 0 Å². The third-order valence-electron chi connectivity index (χ3n) is 7.30. The highest BCUT2D eigenvalue weighted by Crippen LogP contribution is 2.22. The number of hydrogen-bond acceptors (Lipinski definition) is 2. The van der Waals surface area contributed by atoms with Gasteiger partial charge in [-0.2, -0.15) is 0 Å². The SMILES string of the molecule is C=C(/C=C(\CC)NCC1CCN(Cc2ccccc2C)CC1)c1ccccc1C.C=CC(C)=C(C)C.CC. The largest absolute Gasteiger partial charge is 0.388 e. The molecule has 1 aliphatic heterocycles. The Morgan fingerprint density at radius 2 is 1.53 bits per heavy atom. The van der Waals surface area contributed by atoms with Gasteiger partial charge < -0.3 is 5.32 Å². The van der Waals surface area contributed by atoms with Crippen LogP contribution in [0.3, 0.4) is 0 Å². The summed E-state index contributed by atoms with van der Waals surface area (Å²) >= 11 is 0. The molecule has 0 aliphatic carbocycles. The van der Waals surface area contributed by atoms with E-state index in [0.29, 0.717) is 0 Å². The summed E-state index contributed by atoms with van der Waals surface area (Å²) in [5, 5.41) is 3.71. The van der Waals surface area contributed by atoms with E-state index in [1.54, 1.807) is 0 Å².